The number of fused-ring (bicyclic) bond motifs is 1. The summed E-state index contributed by atoms with van der Waals surface area (Å²) in [5, 5.41) is 0. The molecule has 2 aromatic carbocycles. The Balaban J connectivity index is 1.65. The number of para-hydroxylation sites is 1. The van der Waals surface area contributed by atoms with Gasteiger partial charge >= 0.3 is 5.97 Å². The van der Waals surface area contributed by atoms with Gasteiger partial charge < -0.3 is 14.4 Å². The molecule has 152 valence electrons. The fraction of sp³-hybridized carbons (Fsp3) is 0.333. The number of benzene rings is 2. The number of likely N-dealkylation sites (N-methyl/N-ethyl adjacent to an activating group) is 1. The SMILES string of the molecule is CC(C)Oc1ccc(C(=O)OCC(=O)C=C2N(C)c3ccccc3C2(C)C)cc1. The Labute approximate surface area is 171 Å². The average Bonchev–Trinajstić information content (AvgIpc) is 2.87. The molecular weight excluding hydrogens is 366 g/mol. The van der Waals surface area contributed by atoms with E-state index in [1.54, 1.807) is 30.3 Å². The van der Waals surface area contributed by atoms with Crippen molar-refractivity contribution in [2.75, 3.05) is 18.6 Å². The number of esters is 1. The topological polar surface area (TPSA) is 55.8 Å². The van der Waals surface area contributed by atoms with Crippen LogP contribution in [0.5, 0.6) is 5.75 Å². The third kappa shape index (κ3) is 4.34. The van der Waals surface area contributed by atoms with Crippen LogP contribution in [0.25, 0.3) is 0 Å². The normalized spacial score (nSPS) is 16.1. The van der Waals surface area contributed by atoms with Crippen LogP contribution in [0.4, 0.5) is 5.69 Å². The molecule has 1 heterocycles. The lowest BCUT2D eigenvalue weighted by Crippen LogP contribution is -2.25. The smallest absolute Gasteiger partial charge is 0.338 e. The van der Waals surface area contributed by atoms with Crippen LogP contribution in [-0.4, -0.2) is 31.5 Å². The van der Waals surface area contributed by atoms with Crippen molar-refractivity contribution in [1.29, 1.82) is 0 Å². The van der Waals surface area contributed by atoms with E-state index in [1.165, 1.54) is 5.56 Å². The molecule has 0 atom stereocenters. The van der Waals surface area contributed by atoms with E-state index in [1.807, 2.05) is 44.0 Å². The highest BCUT2D eigenvalue weighted by atomic mass is 16.5. The number of hydrogen-bond acceptors (Lipinski definition) is 5. The number of ether oxygens (including phenoxy) is 2. The van der Waals surface area contributed by atoms with Crippen molar-refractivity contribution >= 4 is 17.4 Å². The molecule has 0 fully saturated rings. The second-order valence-corrected chi connectivity index (χ2v) is 7.96. The number of nitrogens with zero attached hydrogens (tertiary/aromatic N) is 1. The summed E-state index contributed by atoms with van der Waals surface area (Å²) in [5.41, 5.74) is 3.22. The molecule has 29 heavy (non-hydrogen) atoms. The van der Waals surface area contributed by atoms with E-state index in [0.29, 0.717) is 11.3 Å². The maximum atomic E-state index is 12.5. The van der Waals surface area contributed by atoms with Crippen LogP contribution >= 0.6 is 0 Å². The van der Waals surface area contributed by atoms with E-state index in [-0.39, 0.29) is 23.9 Å². The van der Waals surface area contributed by atoms with E-state index in [9.17, 15) is 9.59 Å². The largest absolute Gasteiger partial charge is 0.491 e. The van der Waals surface area contributed by atoms with Crippen molar-refractivity contribution in [2.45, 2.75) is 39.2 Å². The minimum atomic E-state index is -0.532. The molecule has 2 aromatic rings. The van der Waals surface area contributed by atoms with Crippen LogP contribution in [0.3, 0.4) is 0 Å². The Hall–Kier alpha value is -3.08. The Morgan fingerprint density at radius 1 is 1.07 bits per heavy atom. The second kappa shape index (κ2) is 8.11. The highest BCUT2D eigenvalue weighted by Gasteiger charge is 2.38. The van der Waals surface area contributed by atoms with E-state index < -0.39 is 5.97 Å². The van der Waals surface area contributed by atoms with Crippen molar-refractivity contribution in [1.82, 2.24) is 0 Å². The third-order valence-corrected chi connectivity index (χ3v) is 5.05. The average molecular weight is 393 g/mol. The van der Waals surface area contributed by atoms with Crippen LogP contribution < -0.4 is 9.64 Å². The lowest BCUT2D eigenvalue weighted by Gasteiger charge is -2.23. The first-order chi connectivity index (χ1) is 13.7. The number of rotatable bonds is 6. The van der Waals surface area contributed by atoms with Crippen molar-refractivity contribution in [2.24, 2.45) is 0 Å². The molecule has 0 bridgehead atoms. The summed E-state index contributed by atoms with van der Waals surface area (Å²) >= 11 is 0. The molecule has 0 saturated carbocycles. The molecule has 0 N–H and O–H groups in total. The van der Waals surface area contributed by atoms with Gasteiger partial charge in [-0.15, -0.1) is 0 Å². The summed E-state index contributed by atoms with van der Waals surface area (Å²) in [6, 6.07) is 14.8. The molecule has 0 saturated heterocycles. The van der Waals surface area contributed by atoms with E-state index in [2.05, 4.69) is 19.9 Å². The molecule has 0 spiro atoms. The van der Waals surface area contributed by atoms with Crippen LogP contribution in [-0.2, 0) is 14.9 Å². The fourth-order valence-corrected chi connectivity index (χ4v) is 3.61. The van der Waals surface area contributed by atoms with Gasteiger partial charge in [0.05, 0.1) is 11.7 Å². The summed E-state index contributed by atoms with van der Waals surface area (Å²) in [6.07, 6.45) is 1.63. The number of hydrogen-bond donors (Lipinski definition) is 0. The van der Waals surface area contributed by atoms with Gasteiger partial charge in [0.15, 0.2) is 12.4 Å². The van der Waals surface area contributed by atoms with Crippen LogP contribution in [0.15, 0.2) is 60.3 Å². The Morgan fingerprint density at radius 2 is 1.72 bits per heavy atom. The van der Waals surface area contributed by atoms with E-state index in [4.69, 9.17) is 9.47 Å². The second-order valence-electron chi connectivity index (χ2n) is 7.96. The summed E-state index contributed by atoms with van der Waals surface area (Å²) in [4.78, 5) is 26.8. The minimum Gasteiger partial charge on any atom is -0.491 e. The molecule has 0 unspecified atom stereocenters. The van der Waals surface area contributed by atoms with Crippen molar-refractivity contribution in [3.8, 4) is 5.75 Å². The monoisotopic (exact) mass is 393 g/mol. The highest BCUT2D eigenvalue weighted by Crippen LogP contribution is 2.46. The maximum absolute atomic E-state index is 12.5. The van der Waals surface area contributed by atoms with Gasteiger partial charge in [-0.25, -0.2) is 4.79 Å². The Morgan fingerprint density at radius 3 is 2.34 bits per heavy atom. The molecule has 5 nitrogen and oxygen atoms in total. The number of anilines is 1. The maximum Gasteiger partial charge on any atom is 0.338 e. The molecule has 0 amide bonds. The molecule has 5 heteroatoms. The predicted octanol–water partition coefficient (Wildman–Crippen LogP) is 4.51. The van der Waals surface area contributed by atoms with E-state index in [0.717, 1.165) is 11.4 Å². The molecule has 3 rings (SSSR count). The fourth-order valence-electron chi connectivity index (χ4n) is 3.61. The van der Waals surface area contributed by atoms with Crippen LogP contribution in [0, 0.1) is 0 Å². The number of carbonyl (C=O) groups excluding carboxylic acids is 2. The van der Waals surface area contributed by atoms with Gasteiger partial charge in [0.1, 0.15) is 5.75 Å². The summed E-state index contributed by atoms with van der Waals surface area (Å²) in [5.74, 6) is -0.0977. The van der Waals surface area contributed by atoms with Crippen molar-refractivity contribution in [3.05, 3.63) is 71.4 Å². The van der Waals surface area contributed by atoms with Crippen LogP contribution in [0.1, 0.15) is 43.6 Å². The quantitative estimate of drug-likeness (QED) is 0.534. The first-order valence-electron chi connectivity index (χ1n) is 9.72. The summed E-state index contributed by atoms with van der Waals surface area (Å²) < 4.78 is 10.8. The zero-order valence-corrected chi connectivity index (χ0v) is 17.6. The first kappa shape index (κ1) is 20.6. The first-order valence-corrected chi connectivity index (χ1v) is 9.72. The van der Waals surface area contributed by atoms with Gasteiger partial charge in [-0.2, -0.15) is 0 Å². The number of ketones is 1. The summed E-state index contributed by atoms with van der Waals surface area (Å²) in [7, 11) is 1.94. The van der Waals surface area contributed by atoms with Gasteiger partial charge in [-0.05, 0) is 49.7 Å². The highest BCUT2D eigenvalue weighted by molar-refractivity contribution is 5.96. The lowest BCUT2D eigenvalue weighted by atomic mass is 9.83. The number of carbonyl (C=O) groups is 2. The molecule has 0 aliphatic carbocycles. The summed E-state index contributed by atoms with van der Waals surface area (Å²) in [6.45, 7) is 7.74. The third-order valence-electron chi connectivity index (χ3n) is 5.05. The van der Waals surface area contributed by atoms with Crippen molar-refractivity contribution < 1.29 is 19.1 Å². The number of allylic oxidation sites excluding steroid dienone is 1. The molecular formula is C24H27NO4. The predicted molar refractivity (Wildman–Crippen MR) is 113 cm³/mol. The molecule has 0 radical (unpaired) electrons. The zero-order chi connectivity index (χ0) is 21.2. The standard InChI is InChI=1S/C24H27NO4/c1-16(2)29-19-12-10-17(11-13-19)23(27)28-15-18(26)14-22-24(3,4)20-8-6-7-9-21(20)25(22)5/h6-14,16H,15H2,1-5H3. The lowest BCUT2D eigenvalue weighted by molar-refractivity contribution is -0.117. The van der Waals surface area contributed by atoms with Gasteiger partial charge in [0.25, 0.3) is 0 Å². The van der Waals surface area contributed by atoms with Gasteiger partial charge in [0, 0.05) is 29.9 Å². The Bertz CT molecular complexity index is 942. The molecule has 1 aliphatic rings. The van der Waals surface area contributed by atoms with Gasteiger partial charge in [0.2, 0.25) is 0 Å². The molecule has 0 aromatic heterocycles. The van der Waals surface area contributed by atoms with Crippen molar-refractivity contribution in [3.63, 3.8) is 0 Å². The van der Waals surface area contributed by atoms with Crippen LogP contribution in [0.2, 0.25) is 0 Å². The Kier molecular flexibility index (Phi) is 5.78. The zero-order valence-electron chi connectivity index (χ0n) is 17.6. The minimum absolute atomic E-state index is 0.0579. The molecule has 1 aliphatic heterocycles. The van der Waals surface area contributed by atoms with Gasteiger partial charge in [-0.3, -0.25) is 4.79 Å². The van der Waals surface area contributed by atoms with E-state index >= 15 is 0 Å². The van der Waals surface area contributed by atoms with Gasteiger partial charge in [-0.1, -0.05) is 32.0 Å².